The lowest BCUT2D eigenvalue weighted by atomic mass is 10.1. The molecular weight excluding hydrogens is 312 g/mol. The van der Waals surface area contributed by atoms with Crippen LogP contribution in [0, 0.1) is 0 Å². The highest BCUT2D eigenvalue weighted by atomic mass is 16.6. The van der Waals surface area contributed by atoms with Gasteiger partial charge in [0.1, 0.15) is 12.4 Å². The molecule has 130 valence electrons. The second kappa shape index (κ2) is 8.87. The summed E-state index contributed by atoms with van der Waals surface area (Å²) in [6, 6.07) is 13.9. The Balaban J connectivity index is 1.55. The summed E-state index contributed by atoms with van der Waals surface area (Å²) >= 11 is 0. The molecule has 0 spiro atoms. The minimum Gasteiger partial charge on any atom is -0.390 e. The number of piperidine rings is 1. The predicted octanol–water partition coefficient (Wildman–Crippen LogP) is 3.42. The Labute approximate surface area is 148 Å². The molecule has 0 unspecified atom stereocenters. The highest BCUT2D eigenvalue weighted by molar-refractivity contribution is 5.97. The third-order valence-electron chi connectivity index (χ3n) is 4.16. The van der Waals surface area contributed by atoms with E-state index in [4.69, 9.17) is 10.6 Å². The molecule has 3 rings (SSSR count). The first-order valence-corrected chi connectivity index (χ1v) is 8.71. The maximum Gasteiger partial charge on any atom is 0.170 e. The van der Waals surface area contributed by atoms with Crippen molar-refractivity contribution < 1.29 is 4.84 Å². The van der Waals surface area contributed by atoms with E-state index in [-0.39, 0.29) is 0 Å². The zero-order chi connectivity index (χ0) is 17.3. The molecular formula is C20H24N4O. The smallest absolute Gasteiger partial charge is 0.170 e. The van der Waals surface area contributed by atoms with Crippen LogP contribution in [0.3, 0.4) is 0 Å². The lowest BCUT2D eigenvalue weighted by Gasteiger charge is -2.27. The van der Waals surface area contributed by atoms with E-state index in [1.165, 1.54) is 19.3 Å². The molecule has 2 aromatic rings. The number of nitrogens with zero attached hydrogens (tertiary/aromatic N) is 3. The van der Waals surface area contributed by atoms with Crippen LogP contribution in [-0.2, 0) is 4.84 Å². The van der Waals surface area contributed by atoms with E-state index in [2.05, 4.69) is 15.0 Å². The third-order valence-corrected chi connectivity index (χ3v) is 4.16. The van der Waals surface area contributed by atoms with Gasteiger partial charge in [-0.05, 0) is 43.0 Å². The fourth-order valence-electron chi connectivity index (χ4n) is 2.82. The molecule has 2 N–H and O–H groups in total. The second-order valence-electron chi connectivity index (χ2n) is 6.04. The quantitative estimate of drug-likeness (QED) is 0.380. The molecule has 0 radical (unpaired) electrons. The average molecular weight is 336 g/mol. The largest absolute Gasteiger partial charge is 0.390 e. The van der Waals surface area contributed by atoms with Gasteiger partial charge in [0.15, 0.2) is 5.84 Å². The maximum atomic E-state index is 6.04. The molecule has 2 heterocycles. The van der Waals surface area contributed by atoms with E-state index in [9.17, 15) is 0 Å². The van der Waals surface area contributed by atoms with Crippen molar-refractivity contribution in [1.29, 1.82) is 0 Å². The monoisotopic (exact) mass is 336 g/mol. The van der Waals surface area contributed by atoms with Gasteiger partial charge in [-0.3, -0.25) is 0 Å². The number of anilines is 1. The average Bonchev–Trinajstić information content (AvgIpc) is 2.69. The van der Waals surface area contributed by atoms with Gasteiger partial charge in [-0.25, -0.2) is 4.98 Å². The van der Waals surface area contributed by atoms with Crippen LogP contribution in [0.25, 0.3) is 6.08 Å². The van der Waals surface area contributed by atoms with Crippen molar-refractivity contribution in [2.45, 2.75) is 19.3 Å². The van der Waals surface area contributed by atoms with E-state index in [1.54, 1.807) is 6.20 Å². The van der Waals surface area contributed by atoms with Crippen molar-refractivity contribution in [2.24, 2.45) is 10.9 Å². The molecule has 0 bridgehead atoms. The Morgan fingerprint density at radius 1 is 1.16 bits per heavy atom. The van der Waals surface area contributed by atoms with Gasteiger partial charge in [0, 0.05) is 24.8 Å². The molecule has 0 saturated carbocycles. The summed E-state index contributed by atoms with van der Waals surface area (Å²) in [5.41, 5.74) is 8.01. The number of amidine groups is 1. The highest BCUT2D eigenvalue weighted by Gasteiger charge is 2.13. The van der Waals surface area contributed by atoms with Gasteiger partial charge in [0.2, 0.25) is 0 Å². The zero-order valence-electron chi connectivity index (χ0n) is 14.3. The fraction of sp³-hybridized carbons (Fsp3) is 0.300. The van der Waals surface area contributed by atoms with Crippen LogP contribution in [0.15, 0.2) is 59.9 Å². The Bertz CT molecular complexity index is 721. The molecule has 1 saturated heterocycles. The summed E-state index contributed by atoms with van der Waals surface area (Å²) in [6.07, 6.45) is 9.41. The summed E-state index contributed by atoms with van der Waals surface area (Å²) in [7, 11) is 0. The van der Waals surface area contributed by atoms with E-state index in [1.807, 2.05) is 54.6 Å². The number of rotatable bonds is 6. The van der Waals surface area contributed by atoms with E-state index in [0.29, 0.717) is 12.4 Å². The van der Waals surface area contributed by atoms with Crippen LogP contribution in [0.5, 0.6) is 0 Å². The molecule has 5 heteroatoms. The summed E-state index contributed by atoms with van der Waals surface area (Å²) in [5, 5.41) is 4.01. The molecule has 1 aliphatic heterocycles. The summed E-state index contributed by atoms with van der Waals surface area (Å²) in [5.74, 6) is 1.33. The van der Waals surface area contributed by atoms with Crippen molar-refractivity contribution in [2.75, 3.05) is 24.6 Å². The first-order valence-electron chi connectivity index (χ1n) is 8.71. The van der Waals surface area contributed by atoms with Gasteiger partial charge in [0.05, 0.1) is 0 Å². The molecule has 5 nitrogen and oxygen atoms in total. The maximum absolute atomic E-state index is 6.04. The van der Waals surface area contributed by atoms with E-state index < -0.39 is 0 Å². The van der Waals surface area contributed by atoms with Gasteiger partial charge >= 0.3 is 0 Å². The van der Waals surface area contributed by atoms with Crippen molar-refractivity contribution in [3.05, 3.63) is 65.9 Å². The van der Waals surface area contributed by atoms with Crippen LogP contribution < -0.4 is 10.6 Å². The van der Waals surface area contributed by atoms with Crippen LogP contribution in [-0.4, -0.2) is 30.5 Å². The standard InChI is InChI=1S/C20H24N4O/c21-20(23-25-15-7-10-17-8-3-1-4-9-17)18-11-12-22-19(16-18)24-13-5-2-6-14-24/h1,3-4,7-12,16H,2,5-6,13-15H2,(H2,21,23)/b10-7+. The second-order valence-corrected chi connectivity index (χ2v) is 6.04. The van der Waals surface area contributed by atoms with Crippen LogP contribution >= 0.6 is 0 Å². The van der Waals surface area contributed by atoms with Crippen molar-refractivity contribution >= 4 is 17.7 Å². The number of nitrogens with two attached hydrogens (primary N) is 1. The van der Waals surface area contributed by atoms with E-state index >= 15 is 0 Å². The van der Waals surface area contributed by atoms with Crippen LogP contribution in [0.2, 0.25) is 0 Å². The Morgan fingerprint density at radius 2 is 1.96 bits per heavy atom. The lowest BCUT2D eigenvalue weighted by molar-refractivity contribution is 0.175. The van der Waals surface area contributed by atoms with Crippen LogP contribution in [0.4, 0.5) is 5.82 Å². The fourth-order valence-corrected chi connectivity index (χ4v) is 2.82. The van der Waals surface area contributed by atoms with Crippen molar-refractivity contribution in [1.82, 2.24) is 4.98 Å². The zero-order valence-corrected chi connectivity index (χ0v) is 14.3. The number of aromatic nitrogens is 1. The summed E-state index contributed by atoms with van der Waals surface area (Å²) in [4.78, 5) is 12.0. The van der Waals surface area contributed by atoms with Crippen LogP contribution in [0.1, 0.15) is 30.4 Å². The minimum absolute atomic E-state index is 0.369. The Morgan fingerprint density at radius 3 is 2.76 bits per heavy atom. The summed E-state index contributed by atoms with van der Waals surface area (Å²) < 4.78 is 0. The number of oxime groups is 1. The number of hydrogen-bond acceptors (Lipinski definition) is 4. The molecule has 1 fully saturated rings. The third kappa shape index (κ3) is 5.08. The first-order chi connectivity index (χ1) is 12.3. The summed E-state index contributed by atoms with van der Waals surface area (Å²) in [6.45, 7) is 2.47. The molecule has 0 aliphatic carbocycles. The topological polar surface area (TPSA) is 63.7 Å². The minimum atomic E-state index is 0.369. The molecule has 1 aromatic carbocycles. The predicted molar refractivity (Wildman–Crippen MR) is 102 cm³/mol. The SMILES string of the molecule is N/C(=N\OC/C=C/c1ccccc1)c1ccnc(N2CCCCC2)c1. The van der Waals surface area contributed by atoms with Gasteiger partial charge in [-0.1, -0.05) is 41.6 Å². The van der Waals surface area contributed by atoms with Gasteiger partial charge < -0.3 is 15.5 Å². The number of hydrogen-bond donors (Lipinski definition) is 1. The Kier molecular flexibility index (Phi) is 6.04. The molecule has 0 atom stereocenters. The molecule has 1 aromatic heterocycles. The first kappa shape index (κ1) is 17.0. The lowest BCUT2D eigenvalue weighted by Crippen LogP contribution is -2.30. The van der Waals surface area contributed by atoms with Crippen molar-refractivity contribution in [3.8, 4) is 0 Å². The normalized spacial score (nSPS) is 15.5. The van der Waals surface area contributed by atoms with Gasteiger partial charge in [-0.15, -0.1) is 0 Å². The molecule has 0 amide bonds. The number of benzene rings is 1. The van der Waals surface area contributed by atoms with Crippen molar-refractivity contribution in [3.63, 3.8) is 0 Å². The van der Waals surface area contributed by atoms with E-state index in [0.717, 1.165) is 30.0 Å². The van der Waals surface area contributed by atoms with Gasteiger partial charge in [0.25, 0.3) is 0 Å². The molecule has 25 heavy (non-hydrogen) atoms. The number of pyridine rings is 1. The highest BCUT2D eigenvalue weighted by Crippen LogP contribution is 2.18. The van der Waals surface area contributed by atoms with Gasteiger partial charge in [-0.2, -0.15) is 0 Å². The molecule has 1 aliphatic rings. The Hall–Kier alpha value is -2.82.